The van der Waals surface area contributed by atoms with E-state index in [-0.39, 0.29) is 0 Å². The fourth-order valence-corrected chi connectivity index (χ4v) is 4.03. The topological polar surface area (TPSA) is 40.1 Å². The Morgan fingerprint density at radius 1 is 0.750 bits per heavy atom. The zero-order valence-corrected chi connectivity index (χ0v) is 17.2. The van der Waals surface area contributed by atoms with Gasteiger partial charge in [-0.3, -0.25) is 0 Å². The largest absolute Gasteiger partial charge is 0.544 e. The molecule has 3 nitrogen and oxygen atoms in total. The summed E-state index contributed by atoms with van der Waals surface area (Å²) >= 11 is 0. The van der Waals surface area contributed by atoms with Crippen LogP contribution in [0, 0.1) is 0 Å². The number of rotatable bonds is 16. The van der Waals surface area contributed by atoms with Crippen LogP contribution in [0.15, 0.2) is 0 Å². The molecule has 0 atom stereocenters. The maximum Gasteiger partial charge on any atom is 0.138 e. The minimum Gasteiger partial charge on any atom is -0.544 e. The highest BCUT2D eigenvalue weighted by Gasteiger charge is 2.43. The minimum atomic E-state index is -0.888. The van der Waals surface area contributed by atoms with Gasteiger partial charge in [0, 0.05) is 12.8 Å². The Kier molecular flexibility index (Phi) is 12.4. The van der Waals surface area contributed by atoms with Crippen LogP contribution in [0.2, 0.25) is 0 Å². The molecule has 0 rings (SSSR count). The van der Waals surface area contributed by atoms with Crippen LogP contribution in [0.25, 0.3) is 0 Å². The van der Waals surface area contributed by atoms with Crippen LogP contribution >= 0.6 is 0 Å². The van der Waals surface area contributed by atoms with E-state index >= 15 is 0 Å². The van der Waals surface area contributed by atoms with Gasteiger partial charge in [0.15, 0.2) is 0 Å². The van der Waals surface area contributed by atoms with Crippen LogP contribution in [0.5, 0.6) is 0 Å². The number of carboxylic acid groups (broad SMARTS) is 1. The van der Waals surface area contributed by atoms with E-state index in [1.165, 1.54) is 64.2 Å². The molecule has 0 aliphatic carbocycles. The van der Waals surface area contributed by atoms with E-state index in [1.807, 2.05) is 13.8 Å². The Hall–Kier alpha value is -0.570. The second-order valence-corrected chi connectivity index (χ2v) is 7.97. The lowest BCUT2D eigenvalue weighted by Crippen LogP contribution is -2.67. The molecular formula is C21H43NO2. The lowest BCUT2D eigenvalue weighted by molar-refractivity contribution is -0.935. The first kappa shape index (κ1) is 23.4. The van der Waals surface area contributed by atoms with Crippen molar-refractivity contribution in [2.24, 2.45) is 0 Å². The molecule has 0 saturated heterocycles. The molecule has 0 saturated carbocycles. The highest BCUT2D eigenvalue weighted by Crippen LogP contribution is 2.29. The van der Waals surface area contributed by atoms with E-state index < -0.39 is 11.5 Å². The van der Waals surface area contributed by atoms with Gasteiger partial charge in [0.2, 0.25) is 0 Å². The first-order valence-electron chi connectivity index (χ1n) is 10.4. The van der Waals surface area contributed by atoms with E-state index in [2.05, 4.69) is 21.0 Å². The molecule has 0 aromatic rings. The SMILES string of the molecule is CCCCCCCCCCCCC[N+](C)(C)C(CC)(CC)C(=O)[O-]. The van der Waals surface area contributed by atoms with Crippen LogP contribution in [0.3, 0.4) is 0 Å². The van der Waals surface area contributed by atoms with Gasteiger partial charge < -0.3 is 14.4 Å². The predicted molar refractivity (Wildman–Crippen MR) is 102 cm³/mol. The molecule has 0 aromatic carbocycles. The van der Waals surface area contributed by atoms with Crippen LogP contribution in [-0.4, -0.2) is 36.6 Å². The Morgan fingerprint density at radius 3 is 1.46 bits per heavy atom. The number of unbranched alkanes of at least 4 members (excludes halogenated alkanes) is 10. The molecule has 0 aliphatic heterocycles. The third kappa shape index (κ3) is 7.55. The molecule has 0 amide bonds. The van der Waals surface area contributed by atoms with Crippen molar-refractivity contribution in [3.63, 3.8) is 0 Å². The molecule has 0 fully saturated rings. The summed E-state index contributed by atoms with van der Waals surface area (Å²) in [4.78, 5) is 11.7. The molecule has 24 heavy (non-hydrogen) atoms. The van der Waals surface area contributed by atoms with Gasteiger partial charge in [-0.25, -0.2) is 0 Å². The molecule has 0 bridgehead atoms. The monoisotopic (exact) mass is 341 g/mol. The maximum absolute atomic E-state index is 11.7. The second kappa shape index (κ2) is 12.7. The van der Waals surface area contributed by atoms with E-state index in [0.29, 0.717) is 17.3 Å². The average Bonchev–Trinajstić information content (AvgIpc) is 2.53. The van der Waals surface area contributed by atoms with Crippen LogP contribution < -0.4 is 5.11 Å². The summed E-state index contributed by atoms with van der Waals surface area (Å²) < 4.78 is 0.541. The quantitative estimate of drug-likeness (QED) is 0.302. The fourth-order valence-electron chi connectivity index (χ4n) is 4.03. The normalized spacial score (nSPS) is 12.5. The van der Waals surface area contributed by atoms with Gasteiger partial charge >= 0.3 is 0 Å². The Balaban J connectivity index is 3.88. The van der Waals surface area contributed by atoms with Gasteiger partial charge in [-0.2, -0.15) is 0 Å². The summed E-state index contributed by atoms with van der Waals surface area (Å²) in [5.41, 5.74) is -0.738. The van der Waals surface area contributed by atoms with Crippen LogP contribution in [0.1, 0.15) is 104 Å². The number of quaternary nitrogens is 1. The van der Waals surface area contributed by atoms with Crippen molar-refractivity contribution in [1.82, 2.24) is 0 Å². The lowest BCUT2D eigenvalue weighted by Gasteiger charge is -2.49. The number of likely N-dealkylation sites (N-methyl/N-ethyl adjacent to an activating group) is 1. The molecule has 0 unspecified atom stereocenters. The standard InChI is InChI=1S/C21H43NO2/c1-6-9-10-11-12-13-14-15-16-17-18-19-22(4,5)21(7-2,8-3)20(23)24/h6-19H2,1-5H3. The van der Waals surface area contributed by atoms with Gasteiger partial charge in [-0.15, -0.1) is 0 Å². The smallest absolute Gasteiger partial charge is 0.138 e. The number of hydrogen-bond acceptors (Lipinski definition) is 2. The second-order valence-electron chi connectivity index (χ2n) is 7.97. The summed E-state index contributed by atoms with van der Waals surface area (Å²) in [6.07, 6.45) is 15.9. The van der Waals surface area contributed by atoms with Crippen molar-refractivity contribution in [2.45, 2.75) is 110 Å². The van der Waals surface area contributed by atoms with Crippen LogP contribution in [0.4, 0.5) is 0 Å². The zero-order chi connectivity index (χ0) is 18.5. The number of carbonyl (C=O) groups is 1. The summed E-state index contributed by atoms with van der Waals surface area (Å²) in [5, 5.41) is 11.7. The number of aliphatic carboxylic acids is 1. The van der Waals surface area contributed by atoms with Gasteiger partial charge in [-0.05, 0) is 12.8 Å². The first-order chi connectivity index (χ1) is 11.4. The van der Waals surface area contributed by atoms with Crippen LogP contribution in [-0.2, 0) is 4.79 Å². The highest BCUT2D eigenvalue weighted by molar-refractivity contribution is 5.75. The van der Waals surface area contributed by atoms with E-state index in [1.54, 1.807) is 0 Å². The molecule has 0 heterocycles. The number of nitrogens with zero attached hydrogens (tertiary/aromatic N) is 1. The maximum atomic E-state index is 11.7. The Bertz CT molecular complexity index is 322. The minimum absolute atomic E-state index is 0.541. The molecular weight excluding hydrogens is 298 g/mol. The molecule has 144 valence electrons. The van der Waals surface area contributed by atoms with E-state index in [9.17, 15) is 9.90 Å². The first-order valence-corrected chi connectivity index (χ1v) is 10.4. The number of hydrogen-bond donors (Lipinski definition) is 0. The summed E-state index contributed by atoms with van der Waals surface area (Å²) in [7, 11) is 4.11. The molecule has 0 aliphatic rings. The lowest BCUT2D eigenvalue weighted by atomic mass is 9.88. The molecule has 0 aromatic heterocycles. The molecule has 0 radical (unpaired) electrons. The third-order valence-electron chi connectivity index (χ3n) is 6.03. The van der Waals surface area contributed by atoms with Crippen molar-refractivity contribution in [1.29, 1.82) is 0 Å². The molecule has 0 spiro atoms. The highest BCUT2D eigenvalue weighted by atomic mass is 16.4. The van der Waals surface area contributed by atoms with Gasteiger partial charge in [0.1, 0.15) is 11.5 Å². The number of carbonyl (C=O) groups excluding carboxylic acids is 1. The zero-order valence-electron chi connectivity index (χ0n) is 17.2. The summed E-state index contributed by atoms with van der Waals surface area (Å²) in [6.45, 7) is 7.13. The van der Waals surface area contributed by atoms with Crippen molar-refractivity contribution in [2.75, 3.05) is 20.6 Å². The summed E-state index contributed by atoms with van der Waals surface area (Å²) in [6, 6.07) is 0. The summed E-state index contributed by atoms with van der Waals surface area (Å²) in [5.74, 6) is -0.888. The molecule has 0 N–H and O–H groups in total. The predicted octanol–water partition coefficient (Wildman–Crippen LogP) is 4.68. The van der Waals surface area contributed by atoms with Crippen molar-refractivity contribution < 1.29 is 14.4 Å². The van der Waals surface area contributed by atoms with Gasteiger partial charge in [0.05, 0.1) is 20.6 Å². The van der Waals surface area contributed by atoms with E-state index in [0.717, 1.165) is 13.0 Å². The third-order valence-corrected chi connectivity index (χ3v) is 6.03. The van der Waals surface area contributed by atoms with Crippen molar-refractivity contribution in [3.05, 3.63) is 0 Å². The Labute approximate surface area is 151 Å². The van der Waals surface area contributed by atoms with Crippen molar-refractivity contribution >= 4 is 5.97 Å². The fraction of sp³-hybridized carbons (Fsp3) is 0.952. The van der Waals surface area contributed by atoms with E-state index in [4.69, 9.17) is 0 Å². The van der Waals surface area contributed by atoms with Gasteiger partial charge in [0.25, 0.3) is 0 Å². The van der Waals surface area contributed by atoms with Crippen molar-refractivity contribution in [3.8, 4) is 0 Å². The van der Waals surface area contributed by atoms with Gasteiger partial charge in [-0.1, -0.05) is 78.6 Å². The number of carboxylic acids is 1. The Morgan fingerprint density at radius 2 is 1.12 bits per heavy atom. The molecule has 3 heteroatoms. The average molecular weight is 342 g/mol.